The van der Waals surface area contributed by atoms with Crippen molar-refractivity contribution in [1.82, 2.24) is 24.7 Å². The van der Waals surface area contributed by atoms with E-state index < -0.39 is 5.76 Å². The highest BCUT2D eigenvalue weighted by Crippen LogP contribution is 2.44. The highest BCUT2D eigenvalue weighted by atomic mass is 35.5. The van der Waals surface area contributed by atoms with Crippen molar-refractivity contribution in [3.63, 3.8) is 0 Å². The van der Waals surface area contributed by atoms with Gasteiger partial charge in [0.25, 0.3) is 5.95 Å². The number of aryl methyl sites for hydroxylation is 4. The number of hydrogen-bond acceptors (Lipinski definition) is 6. The number of rotatable bonds is 3. The number of imidazole rings is 1. The Bertz CT molecular complexity index is 1710. The zero-order chi connectivity index (χ0) is 25.1. The number of fused-ring (bicyclic) bond motifs is 3. The molecule has 0 aliphatic carbocycles. The van der Waals surface area contributed by atoms with Gasteiger partial charge in [0, 0.05) is 6.42 Å². The number of halogens is 1. The van der Waals surface area contributed by atoms with E-state index in [0.717, 1.165) is 70.0 Å². The normalized spacial score (nSPS) is 13.1. The molecule has 1 aliphatic heterocycles. The lowest BCUT2D eigenvalue weighted by Gasteiger charge is -2.26. The van der Waals surface area contributed by atoms with E-state index in [4.69, 9.17) is 21.1 Å². The van der Waals surface area contributed by atoms with Gasteiger partial charge in [-0.3, -0.25) is 19.0 Å². The van der Waals surface area contributed by atoms with Gasteiger partial charge in [0.2, 0.25) is 0 Å². The topological polar surface area (TPSA) is 92.8 Å². The van der Waals surface area contributed by atoms with Crippen molar-refractivity contribution < 1.29 is 4.52 Å². The summed E-state index contributed by atoms with van der Waals surface area (Å²) < 4.78 is 7.05. The zero-order valence-electron chi connectivity index (χ0n) is 20.5. The van der Waals surface area contributed by atoms with E-state index in [1.807, 2.05) is 36.1 Å². The van der Waals surface area contributed by atoms with Gasteiger partial charge in [-0.05, 0) is 84.8 Å². The summed E-state index contributed by atoms with van der Waals surface area (Å²) in [5, 5.41) is 4.49. The molecule has 0 spiro atoms. The summed E-state index contributed by atoms with van der Waals surface area (Å²) in [5.41, 5.74) is 10.1. The van der Waals surface area contributed by atoms with Gasteiger partial charge in [0.05, 0.1) is 17.1 Å². The molecule has 0 bridgehead atoms. The van der Waals surface area contributed by atoms with Gasteiger partial charge in [0.15, 0.2) is 5.65 Å². The molecule has 6 rings (SSSR count). The third-order valence-electron chi connectivity index (χ3n) is 6.99. The lowest BCUT2D eigenvalue weighted by atomic mass is 9.95. The Hall–Kier alpha value is -3.91. The molecular formula is C27H25ClN6O2. The quantitative estimate of drug-likeness (QED) is 0.314. The van der Waals surface area contributed by atoms with E-state index in [1.54, 1.807) is 0 Å². The van der Waals surface area contributed by atoms with E-state index >= 15 is 0 Å². The molecule has 9 heteroatoms. The number of nitrogens with one attached hydrogen (secondary N) is 1. The van der Waals surface area contributed by atoms with Crippen molar-refractivity contribution in [2.75, 3.05) is 4.90 Å². The highest BCUT2D eigenvalue weighted by molar-refractivity contribution is 6.29. The summed E-state index contributed by atoms with van der Waals surface area (Å²) in [6.45, 7) is 8.34. The van der Waals surface area contributed by atoms with E-state index in [2.05, 4.69) is 52.6 Å². The molecular weight excluding hydrogens is 476 g/mol. The Balaban J connectivity index is 1.66. The fraction of sp³-hybridized carbons (Fsp3) is 0.259. The number of benzene rings is 2. The van der Waals surface area contributed by atoms with E-state index in [9.17, 15) is 4.79 Å². The second kappa shape index (κ2) is 8.34. The molecule has 1 aliphatic rings. The van der Waals surface area contributed by atoms with Crippen molar-refractivity contribution in [2.24, 2.45) is 0 Å². The third kappa shape index (κ3) is 3.36. The first-order valence-corrected chi connectivity index (χ1v) is 12.4. The maximum atomic E-state index is 11.9. The van der Waals surface area contributed by atoms with Crippen LogP contribution in [0.5, 0.6) is 0 Å². The number of nitrogens with zero attached hydrogens (tertiary/aromatic N) is 5. The monoisotopic (exact) mass is 500 g/mol. The van der Waals surface area contributed by atoms with Crippen LogP contribution in [0.3, 0.4) is 0 Å². The molecule has 0 unspecified atom stereocenters. The number of hydrogen-bond donors (Lipinski definition) is 1. The Morgan fingerprint density at radius 3 is 2.61 bits per heavy atom. The van der Waals surface area contributed by atoms with Crippen LogP contribution in [0.4, 0.5) is 17.3 Å². The maximum absolute atomic E-state index is 11.9. The largest absolute Gasteiger partial charge is 0.440 e. The minimum absolute atomic E-state index is 0.355. The minimum Gasteiger partial charge on any atom is -0.294 e. The number of H-pyrrole nitrogens is 1. The summed E-state index contributed by atoms with van der Waals surface area (Å²) >= 11 is 6.39. The standard InChI is InChI=1S/C27H25ClN6O2/c1-5-22-30-23-14(2)13-21(28)29-25(23)34(22)24-15(3)12-20-18(16(24)4)11-10-17-8-6-7-9-19(17)33(20)26-31-27(35)36-32-26/h6-9,12-13H,5,10-11H2,1-4H3,(H,31,32,35). The Kier molecular flexibility index (Phi) is 5.22. The molecule has 36 heavy (non-hydrogen) atoms. The third-order valence-corrected chi connectivity index (χ3v) is 7.18. The van der Waals surface area contributed by atoms with Crippen LogP contribution in [0.2, 0.25) is 5.15 Å². The number of para-hydroxylation sites is 1. The van der Waals surface area contributed by atoms with Crippen molar-refractivity contribution in [3.8, 4) is 5.69 Å². The smallest absolute Gasteiger partial charge is 0.294 e. The first kappa shape index (κ1) is 22.5. The Morgan fingerprint density at radius 2 is 1.86 bits per heavy atom. The molecule has 0 amide bonds. The van der Waals surface area contributed by atoms with E-state index in [1.165, 1.54) is 11.1 Å². The molecule has 0 radical (unpaired) electrons. The average Bonchev–Trinajstić information content (AvgIpc) is 3.38. The number of pyridine rings is 1. The average molecular weight is 501 g/mol. The molecule has 0 saturated heterocycles. The van der Waals surface area contributed by atoms with Gasteiger partial charge >= 0.3 is 5.76 Å². The predicted molar refractivity (Wildman–Crippen MR) is 140 cm³/mol. The zero-order valence-corrected chi connectivity index (χ0v) is 21.3. The van der Waals surface area contributed by atoms with Crippen LogP contribution >= 0.6 is 11.6 Å². The van der Waals surface area contributed by atoms with Crippen LogP contribution in [0.1, 0.15) is 40.6 Å². The molecule has 1 N–H and O–H groups in total. The number of anilines is 3. The van der Waals surface area contributed by atoms with Gasteiger partial charge in [-0.2, -0.15) is 0 Å². The molecule has 3 aromatic heterocycles. The summed E-state index contributed by atoms with van der Waals surface area (Å²) in [7, 11) is 0. The van der Waals surface area contributed by atoms with Crippen LogP contribution in [-0.4, -0.2) is 24.7 Å². The Morgan fingerprint density at radius 1 is 1.06 bits per heavy atom. The van der Waals surface area contributed by atoms with Crippen molar-refractivity contribution in [2.45, 2.75) is 47.0 Å². The molecule has 0 fully saturated rings. The molecule has 182 valence electrons. The van der Waals surface area contributed by atoms with Crippen molar-refractivity contribution in [1.29, 1.82) is 0 Å². The van der Waals surface area contributed by atoms with Crippen LogP contribution < -0.4 is 10.7 Å². The summed E-state index contributed by atoms with van der Waals surface area (Å²) in [6, 6.07) is 12.2. The number of aromatic nitrogens is 5. The van der Waals surface area contributed by atoms with Gasteiger partial charge in [-0.1, -0.05) is 36.7 Å². The summed E-state index contributed by atoms with van der Waals surface area (Å²) in [6.07, 6.45) is 2.42. The van der Waals surface area contributed by atoms with Crippen LogP contribution in [0.25, 0.3) is 16.9 Å². The van der Waals surface area contributed by atoms with E-state index in [0.29, 0.717) is 11.1 Å². The van der Waals surface area contributed by atoms with Gasteiger partial charge < -0.3 is 0 Å². The van der Waals surface area contributed by atoms with Gasteiger partial charge in [0.1, 0.15) is 16.5 Å². The van der Waals surface area contributed by atoms with Gasteiger partial charge in [-0.15, -0.1) is 0 Å². The predicted octanol–water partition coefficient (Wildman–Crippen LogP) is 5.81. The first-order chi connectivity index (χ1) is 17.4. The maximum Gasteiger partial charge on any atom is 0.440 e. The second-order valence-corrected chi connectivity index (χ2v) is 9.59. The molecule has 8 nitrogen and oxygen atoms in total. The molecule has 0 atom stereocenters. The van der Waals surface area contributed by atoms with Crippen LogP contribution in [0.15, 0.2) is 45.7 Å². The van der Waals surface area contributed by atoms with Crippen molar-refractivity contribution in [3.05, 3.63) is 85.7 Å². The first-order valence-electron chi connectivity index (χ1n) is 12.0. The minimum atomic E-state index is -0.589. The van der Waals surface area contributed by atoms with Crippen molar-refractivity contribution >= 4 is 40.1 Å². The lowest BCUT2D eigenvalue weighted by molar-refractivity contribution is 0.387. The number of aromatic amines is 1. The fourth-order valence-corrected chi connectivity index (χ4v) is 5.65. The van der Waals surface area contributed by atoms with Gasteiger partial charge in [-0.25, -0.2) is 14.8 Å². The van der Waals surface area contributed by atoms with E-state index in [-0.39, 0.29) is 0 Å². The molecule has 4 heterocycles. The highest BCUT2D eigenvalue weighted by Gasteiger charge is 2.29. The molecule has 5 aromatic rings. The Labute approximate surface area is 212 Å². The lowest BCUT2D eigenvalue weighted by Crippen LogP contribution is -2.16. The second-order valence-electron chi connectivity index (χ2n) is 9.20. The van der Waals surface area contributed by atoms with Crippen LogP contribution in [0, 0.1) is 20.8 Å². The SMILES string of the molecule is CCc1nc2c(C)cc(Cl)nc2n1-c1c(C)cc2c(c1C)CCc1ccccc1N2c1noc(=O)[nH]1. The molecule has 2 aromatic carbocycles. The fourth-order valence-electron chi connectivity index (χ4n) is 5.40. The van der Waals surface area contributed by atoms with Crippen LogP contribution in [-0.2, 0) is 19.3 Å². The summed E-state index contributed by atoms with van der Waals surface area (Å²) in [4.78, 5) is 26.2. The summed E-state index contributed by atoms with van der Waals surface area (Å²) in [5.74, 6) is 0.700. The molecule has 0 saturated carbocycles.